The summed E-state index contributed by atoms with van der Waals surface area (Å²) in [6.45, 7) is 11.1. The summed E-state index contributed by atoms with van der Waals surface area (Å²) in [6, 6.07) is 9.49. The molecule has 10 heteroatoms. The van der Waals surface area contributed by atoms with Crippen LogP contribution >= 0.6 is 12.2 Å². The monoisotopic (exact) mass is 451 g/mol. The lowest BCUT2D eigenvalue weighted by molar-refractivity contribution is 0.0921. The van der Waals surface area contributed by atoms with Gasteiger partial charge in [0.15, 0.2) is 5.76 Å². The van der Waals surface area contributed by atoms with Gasteiger partial charge in [0.25, 0.3) is 5.56 Å². The van der Waals surface area contributed by atoms with Crippen molar-refractivity contribution >= 4 is 28.9 Å². The Morgan fingerprint density at radius 3 is 2.66 bits per heavy atom. The van der Waals surface area contributed by atoms with Crippen LogP contribution in [0.3, 0.4) is 0 Å². The van der Waals surface area contributed by atoms with Crippen molar-refractivity contribution in [1.29, 1.82) is 0 Å². The Kier molecular flexibility index (Phi) is 5.50. The zero-order valence-electron chi connectivity index (χ0n) is 18.0. The minimum atomic E-state index is -0.0867. The zero-order valence-corrected chi connectivity index (χ0v) is 18.8. The van der Waals surface area contributed by atoms with Crippen LogP contribution in [-0.2, 0) is 19.8 Å². The molecule has 0 saturated carbocycles. The van der Waals surface area contributed by atoms with E-state index >= 15 is 0 Å². The highest BCUT2D eigenvalue weighted by Crippen LogP contribution is 2.15. The second kappa shape index (κ2) is 8.45. The number of allylic oxidation sites excluding steroid dienone is 1. The topological polar surface area (TPSA) is 76.7 Å². The van der Waals surface area contributed by atoms with Gasteiger partial charge in [-0.25, -0.2) is 4.68 Å². The molecule has 0 unspecified atom stereocenters. The number of para-hydroxylation sites is 1. The minimum absolute atomic E-state index is 0.0867. The molecule has 32 heavy (non-hydrogen) atoms. The lowest BCUT2D eigenvalue weighted by Gasteiger charge is -2.33. The van der Waals surface area contributed by atoms with E-state index in [0.717, 1.165) is 49.7 Å². The number of hydrogen-bond acceptors (Lipinski definition) is 7. The zero-order chi connectivity index (χ0) is 22.2. The molecule has 0 radical (unpaired) electrons. The fourth-order valence-corrected chi connectivity index (χ4v) is 4.52. The summed E-state index contributed by atoms with van der Waals surface area (Å²) >= 11 is 5.79. The number of benzene rings is 1. The third kappa shape index (κ3) is 3.70. The summed E-state index contributed by atoms with van der Waals surface area (Å²) in [5.74, 6) is 1.43. The highest BCUT2D eigenvalue weighted by Gasteiger charge is 2.21. The highest BCUT2D eigenvalue weighted by molar-refractivity contribution is 7.71. The van der Waals surface area contributed by atoms with E-state index in [1.807, 2.05) is 46.3 Å². The maximum Gasteiger partial charge on any atom is 0.263 e. The summed E-state index contributed by atoms with van der Waals surface area (Å²) in [7, 11) is 0. The molecule has 1 aliphatic rings. The fourth-order valence-electron chi connectivity index (χ4n) is 4.24. The van der Waals surface area contributed by atoms with Crippen LogP contribution in [-0.4, -0.2) is 59.9 Å². The standard InChI is InChI=1S/C22H25N7O2S/c1-3-8-27-20(30)18-6-4-5-7-19(18)29-21(27)23-28(22(29)32)15-26-11-9-25(10-12-26)14-17-13-16(2)24-31-17/h3-7,13H,1,8-12,14-15H2,2H3. The van der Waals surface area contributed by atoms with Crippen LogP contribution in [0.15, 0.2) is 52.3 Å². The van der Waals surface area contributed by atoms with Gasteiger partial charge in [0.2, 0.25) is 10.5 Å². The van der Waals surface area contributed by atoms with Gasteiger partial charge in [-0.15, -0.1) is 11.7 Å². The Bertz CT molecular complexity index is 1410. The van der Waals surface area contributed by atoms with Gasteiger partial charge < -0.3 is 4.52 Å². The molecule has 0 aliphatic carbocycles. The molecule has 0 spiro atoms. The molecular formula is C22H25N7O2S. The van der Waals surface area contributed by atoms with E-state index in [4.69, 9.17) is 21.8 Å². The Hall–Kier alpha value is -3.08. The second-order valence-corrected chi connectivity index (χ2v) is 8.47. The van der Waals surface area contributed by atoms with Gasteiger partial charge in [-0.2, -0.15) is 0 Å². The van der Waals surface area contributed by atoms with Crippen LogP contribution < -0.4 is 5.56 Å². The number of aromatic nitrogens is 5. The molecule has 0 atom stereocenters. The van der Waals surface area contributed by atoms with Crippen molar-refractivity contribution in [3.8, 4) is 0 Å². The van der Waals surface area contributed by atoms with Crippen LogP contribution in [0.2, 0.25) is 0 Å². The molecule has 4 heterocycles. The molecule has 0 bridgehead atoms. The predicted octanol–water partition coefficient (Wildman–Crippen LogP) is 2.44. The first-order valence-corrected chi connectivity index (χ1v) is 11.0. The van der Waals surface area contributed by atoms with Crippen LogP contribution in [0, 0.1) is 11.7 Å². The third-order valence-corrected chi connectivity index (χ3v) is 6.24. The largest absolute Gasteiger partial charge is 0.360 e. The van der Waals surface area contributed by atoms with Crippen molar-refractivity contribution in [3.63, 3.8) is 0 Å². The molecular weight excluding hydrogens is 426 g/mol. The van der Waals surface area contributed by atoms with E-state index in [1.165, 1.54) is 0 Å². The Morgan fingerprint density at radius 2 is 1.94 bits per heavy atom. The number of fused-ring (bicyclic) bond motifs is 3. The fraction of sp³-hybridized carbons (Fsp3) is 0.364. The number of hydrogen-bond donors (Lipinski definition) is 0. The van der Waals surface area contributed by atoms with Crippen molar-refractivity contribution in [1.82, 2.24) is 33.7 Å². The molecule has 1 saturated heterocycles. The second-order valence-electron chi connectivity index (χ2n) is 8.11. The van der Waals surface area contributed by atoms with E-state index in [0.29, 0.717) is 29.1 Å². The van der Waals surface area contributed by atoms with E-state index in [-0.39, 0.29) is 5.56 Å². The minimum Gasteiger partial charge on any atom is -0.360 e. The summed E-state index contributed by atoms with van der Waals surface area (Å²) in [5.41, 5.74) is 1.59. The number of nitrogens with zero attached hydrogens (tertiary/aromatic N) is 7. The molecule has 1 aliphatic heterocycles. The molecule has 5 rings (SSSR count). The Labute approximate surface area is 189 Å². The Balaban J connectivity index is 1.41. The molecule has 0 amide bonds. The highest BCUT2D eigenvalue weighted by atomic mass is 32.1. The van der Waals surface area contributed by atoms with Crippen LogP contribution in [0.1, 0.15) is 11.5 Å². The van der Waals surface area contributed by atoms with Crippen molar-refractivity contribution < 1.29 is 4.52 Å². The maximum absolute atomic E-state index is 13.0. The molecule has 1 fully saturated rings. The van der Waals surface area contributed by atoms with Crippen molar-refractivity contribution in [2.24, 2.45) is 0 Å². The molecule has 3 aromatic heterocycles. The average Bonchev–Trinajstić information content (AvgIpc) is 3.35. The van der Waals surface area contributed by atoms with Crippen molar-refractivity contribution in [2.45, 2.75) is 26.7 Å². The molecule has 166 valence electrons. The smallest absolute Gasteiger partial charge is 0.263 e. The van der Waals surface area contributed by atoms with Crippen molar-refractivity contribution in [2.75, 3.05) is 26.2 Å². The molecule has 0 N–H and O–H groups in total. The number of rotatable bonds is 6. The van der Waals surface area contributed by atoms with Gasteiger partial charge in [0.1, 0.15) is 0 Å². The van der Waals surface area contributed by atoms with E-state index in [9.17, 15) is 4.79 Å². The van der Waals surface area contributed by atoms with Gasteiger partial charge in [-0.05, 0) is 31.3 Å². The first kappa shape index (κ1) is 20.8. The molecule has 1 aromatic carbocycles. The number of piperazine rings is 1. The van der Waals surface area contributed by atoms with Gasteiger partial charge in [0, 0.05) is 38.8 Å². The number of aryl methyl sites for hydroxylation is 1. The first-order chi connectivity index (χ1) is 15.5. The van der Waals surface area contributed by atoms with Crippen LogP contribution in [0.25, 0.3) is 16.7 Å². The normalized spacial score (nSPS) is 15.7. The maximum atomic E-state index is 13.0. The third-order valence-electron chi connectivity index (χ3n) is 5.85. The van der Waals surface area contributed by atoms with Crippen molar-refractivity contribution in [3.05, 3.63) is 69.6 Å². The summed E-state index contributed by atoms with van der Waals surface area (Å²) in [4.78, 5) is 17.7. The van der Waals surface area contributed by atoms with Crippen LogP contribution in [0.5, 0.6) is 0 Å². The van der Waals surface area contributed by atoms with Gasteiger partial charge >= 0.3 is 0 Å². The molecule has 9 nitrogen and oxygen atoms in total. The van der Waals surface area contributed by atoms with E-state index < -0.39 is 0 Å². The van der Waals surface area contributed by atoms with E-state index in [2.05, 4.69) is 21.5 Å². The average molecular weight is 452 g/mol. The van der Waals surface area contributed by atoms with E-state index in [1.54, 1.807) is 10.6 Å². The van der Waals surface area contributed by atoms with Gasteiger partial charge in [-0.1, -0.05) is 23.4 Å². The lowest BCUT2D eigenvalue weighted by Crippen LogP contribution is -2.46. The molecule has 4 aromatic rings. The predicted molar refractivity (Wildman–Crippen MR) is 124 cm³/mol. The SMILES string of the molecule is C=CCn1c(=O)c2ccccc2n2c(=S)n(CN3CCN(Cc4cc(C)no4)CC3)nc12. The van der Waals surface area contributed by atoms with Crippen LogP contribution in [0.4, 0.5) is 0 Å². The summed E-state index contributed by atoms with van der Waals surface area (Å²) in [6.07, 6.45) is 1.70. The Morgan fingerprint density at radius 1 is 1.19 bits per heavy atom. The van der Waals surface area contributed by atoms with Gasteiger partial charge in [-0.3, -0.25) is 23.6 Å². The lowest BCUT2D eigenvalue weighted by atomic mass is 10.2. The quantitative estimate of drug-likeness (QED) is 0.329. The summed E-state index contributed by atoms with van der Waals surface area (Å²) in [5, 5.41) is 9.32. The summed E-state index contributed by atoms with van der Waals surface area (Å²) < 4.78 is 11.2. The van der Waals surface area contributed by atoms with Gasteiger partial charge in [0.05, 0.1) is 29.8 Å². The first-order valence-electron chi connectivity index (χ1n) is 10.6.